The van der Waals surface area contributed by atoms with E-state index in [0.29, 0.717) is 60.4 Å². The summed E-state index contributed by atoms with van der Waals surface area (Å²) < 4.78 is 41.2. The van der Waals surface area contributed by atoms with Gasteiger partial charge < -0.3 is 21.1 Å². The fraction of sp³-hybridized carbons (Fsp3) is 0.312. The highest BCUT2D eigenvalue weighted by Gasteiger charge is 2.34. The van der Waals surface area contributed by atoms with Crippen LogP contribution in [-0.4, -0.2) is 56.2 Å². The van der Waals surface area contributed by atoms with Gasteiger partial charge in [-0.25, -0.2) is 9.89 Å². The quantitative estimate of drug-likeness (QED) is 0.158. The number of hydrogen-bond donors (Lipinski definition) is 5. The number of alkyl halides is 3. The van der Waals surface area contributed by atoms with Gasteiger partial charge in [-0.05, 0) is 89.1 Å². The molecule has 4 aromatic rings. The van der Waals surface area contributed by atoms with Gasteiger partial charge in [-0.1, -0.05) is 42.5 Å². The van der Waals surface area contributed by atoms with Crippen molar-refractivity contribution in [1.82, 2.24) is 31.3 Å². The molecule has 1 aliphatic carbocycles. The fourth-order valence-corrected chi connectivity index (χ4v) is 5.67. The highest BCUT2D eigenvalue weighted by molar-refractivity contribution is 5.97. The molecule has 0 spiro atoms. The minimum Gasteiger partial charge on any atom is -0.465 e. The highest BCUT2D eigenvalue weighted by Crippen LogP contribution is 2.37. The lowest BCUT2D eigenvalue weighted by molar-refractivity contribution is -0.137. The average Bonchev–Trinajstić information content (AvgIpc) is 3.59. The van der Waals surface area contributed by atoms with Gasteiger partial charge in [-0.3, -0.25) is 9.59 Å². The molecule has 0 unspecified atom stereocenters. The fourth-order valence-electron chi connectivity index (χ4n) is 5.67. The molecule has 1 aliphatic rings. The molecule has 0 radical (unpaired) electrons. The lowest BCUT2D eigenvalue weighted by atomic mass is 9.81. The van der Waals surface area contributed by atoms with Crippen LogP contribution in [0, 0.1) is 11.8 Å². The summed E-state index contributed by atoms with van der Waals surface area (Å²) in [6.07, 6.45) is -3.23. The third kappa shape index (κ3) is 8.25. The van der Waals surface area contributed by atoms with Crippen LogP contribution in [0.4, 0.5) is 23.7 Å². The number of nitrogens with one attached hydrogen (secondary N) is 4. The monoisotopic (exact) mass is 635 g/mol. The summed E-state index contributed by atoms with van der Waals surface area (Å²) in [6.45, 7) is 0.314. The van der Waals surface area contributed by atoms with Gasteiger partial charge >= 0.3 is 12.3 Å². The number of carbonyl (C=O) groups excluding carboxylic acids is 2. The van der Waals surface area contributed by atoms with Crippen LogP contribution < -0.4 is 16.0 Å². The summed E-state index contributed by atoms with van der Waals surface area (Å²) in [5.41, 5.74) is 1.29. The van der Waals surface area contributed by atoms with E-state index in [1.54, 1.807) is 48.5 Å². The number of amides is 3. The zero-order valence-corrected chi connectivity index (χ0v) is 24.6. The molecule has 11 nitrogen and oxygen atoms in total. The molecule has 3 amide bonds. The molecule has 0 aliphatic heterocycles. The number of H-pyrrole nitrogens is 1. The smallest absolute Gasteiger partial charge is 0.417 e. The summed E-state index contributed by atoms with van der Waals surface area (Å²) in [7, 11) is 0. The Kier molecular flexibility index (Phi) is 9.94. The van der Waals surface area contributed by atoms with Gasteiger partial charge in [0.2, 0.25) is 11.8 Å². The lowest BCUT2D eigenvalue weighted by Gasteiger charge is -2.29. The van der Waals surface area contributed by atoms with Crippen molar-refractivity contribution in [3.8, 4) is 22.5 Å². The van der Waals surface area contributed by atoms with Gasteiger partial charge in [-0.2, -0.15) is 13.2 Å². The Morgan fingerprint density at radius 3 is 2.35 bits per heavy atom. The van der Waals surface area contributed by atoms with E-state index < -0.39 is 29.8 Å². The van der Waals surface area contributed by atoms with Crippen molar-refractivity contribution in [2.24, 2.45) is 11.8 Å². The Morgan fingerprint density at radius 1 is 0.935 bits per heavy atom. The van der Waals surface area contributed by atoms with E-state index in [9.17, 15) is 27.6 Å². The lowest BCUT2D eigenvalue weighted by Crippen LogP contribution is -2.48. The van der Waals surface area contributed by atoms with Gasteiger partial charge in [0.25, 0.3) is 0 Å². The van der Waals surface area contributed by atoms with Crippen molar-refractivity contribution in [2.45, 2.75) is 44.3 Å². The number of benzene rings is 3. The van der Waals surface area contributed by atoms with Gasteiger partial charge in [0.1, 0.15) is 6.04 Å². The summed E-state index contributed by atoms with van der Waals surface area (Å²) in [5.74, 6) is -0.601. The number of aromatic nitrogens is 4. The van der Waals surface area contributed by atoms with Crippen LogP contribution in [-0.2, 0) is 22.2 Å². The molecular weight excluding hydrogens is 603 g/mol. The molecule has 0 bridgehead atoms. The van der Waals surface area contributed by atoms with Crippen molar-refractivity contribution in [1.29, 1.82) is 0 Å². The number of aromatic amines is 1. The Morgan fingerprint density at radius 2 is 1.67 bits per heavy atom. The summed E-state index contributed by atoms with van der Waals surface area (Å²) in [5, 5.41) is 30.6. The number of carboxylic acid groups (broad SMARTS) is 1. The first-order valence-corrected chi connectivity index (χ1v) is 14.7. The Balaban J connectivity index is 1.34. The van der Waals surface area contributed by atoms with E-state index >= 15 is 0 Å². The molecule has 1 heterocycles. The topological polar surface area (TPSA) is 162 Å². The van der Waals surface area contributed by atoms with Crippen LogP contribution in [0.2, 0.25) is 0 Å². The van der Waals surface area contributed by atoms with Crippen LogP contribution in [0.1, 0.15) is 36.8 Å². The summed E-state index contributed by atoms with van der Waals surface area (Å²) in [4.78, 5) is 37.9. The van der Waals surface area contributed by atoms with Gasteiger partial charge in [0.05, 0.1) is 5.56 Å². The van der Waals surface area contributed by atoms with Crippen LogP contribution in [0.5, 0.6) is 0 Å². The van der Waals surface area contributed by atoms with Crippen molar-refractivity contribution >= 4 is 23.6 Å². The molecule has 240 valence electrons. The predicted octanol–water partition coefficient (Wildman–Crippen LogP) is 5.29. The number of halogens is 3. The van der Waals surface area contributed by atoms with E-state index in [0.717, 1.165) is 6.07 Å². The predicted molar refractivity (Wildman–Crippen MR) is 162 cm³/mol. The molecule has 0 saturated heterocycles. The first-order valence-electron chi connectivity index (χ1n) is 14.7. The second-order valence-electron chi connectivity index (χ2n) is 11.2. The van der Waals surface area contributed by atoms with Gasteiger partial charge in [0, 0.05) is 30.1 Å². The molecule has 3 aromatic carbocycles. The highest BCUT2D eigenvalue weighted by atomic mass is 19.4. The van der Waals surface area contributed by atoms with Crippen molar-refractivity contribution in [3.05, 3.63) is 83.9 Å². The van der Waals surface area contributed by atoms with E-state index in [-0.39, 0.29) is 29.7 Å². The summed E-state index contributed by atoms with van der Waals surface area (Å²) in [6, 6.07) is 17.5. The van der Waals surface area contributed by atoms with Crippen molar-refractivity contribution < 1.29 is 32.7 Å². The average molecular weight is 636 g/mol. The maximum absolute atomic E-state index is 13.7. The van der Waals surface area contributed by atoms with E-state index in [1.165, 1.54) is 18.2 Å². The molecule has 1 aromatic heterocycles. The molecular formula is C32H32F3N7O4. The van der Waals surface area contributed by atoms with Crippen molar-refractivity contribution in [2.75, 3.05) is 11.9 Å². The molecule has 14 heteroatoms. The maximum atomic E-state index is 13.7. The van der Waals surface area contributed by atoms with Gasteiger partial charge in [0.15, 0.2) is 5.82 Å². The number of tetrazole rings is 1. The Labute approximate surface area is 262 Å². The standard InChI is InChI=1S/C32H32F3N7O4/c33-32(34,35)26-7-2-1-6-25(26)23-5-3-4-20(16-23)17-27(38-29(43)22-10-8-19(9-11-22)18-36-31(45)46)30(44)37-24-14-12-21(13-15-24)28-39-41-42-40-28/h1-7,12-16,19,22,27,36H,8-11,17-18H2,(H,37,44)(H,38,43)(H,45,46)(H,39,40,41,42)/t19?,22?,27-/m0/s1. The van der Waals surface area contributed by atoms with Crippen LogP contribution in [0.15, 0.2) is 72.8 Å². The van der Waals surface area contributed by atoms with E-state index in [1.807, 2.05) is 0 Å². The number of nitrogens with zero attached hydrogens (tertiary/aromatic N) is 3. The minimum atomic E-state index is -4.55. The number of carbonyl (C=O) groups is 3. The van der Waals surface area contributed by atoms with E-state index in [4.69, 9.17) is 5.11 Å². The normalized spacial score (nSPS) is 17.1. The second kappa shape index (κ2) is 14.2. The SMILES string of the molecule is O=C(O)NCC1CCC(C(=O)N[C@@H](Cc2cccc(-c3ccccc3C(F)(F)F)c2)C(=O)Nc2ccc(-c3nnn[nH]3)cc2)CC1. The third-order valence-electron chi connectivity index (χ3n) is 8.07. The van der Waals surface area contributed by atoms with Crippen molar-refractivity contribution in [3.63, 3.8) is 0 Å². The Bertz CT molecular complexity index is 1650. The van der Waals surface area contributed by atoms with Crippen LogP contribution in [0.3, 0.4) is 0 Å². The molecule has 1 saturated carbocycles. The molecule has 1 fully saturated rings. The number of rotatable bonds is 10. The zero-order chi connectivity index (χ0) is 32.7. The largest absolute Gasteiger partial charge is 0.465 e. The Hall–Kier alpha value is -5.27. The summed E-state index contributed by atoms with van der Waals surface area (Å²) >= 11 is 0. The first-order chi connectivity index (χ1) is 22.1. The molecule has 5 rings (SSSR count). The second-order valence-corrected chi connectivity index (χ2v) is 11.2. The van der Waals surface area contributed by atoms with Crippen LogP contribution in [0.25, 0.3) is 22.5 Å². The molecule has 1 atom stereocenters. The maximum Gasteiger partial charge on any atom is 0.417 e. The van der Waals surface area contributed by atoms with Gasteiger partial charge in [-0.15, -0.1) is 5.10 Å². The van der Waals surface area contributed by atoms with E-state index in [2.05, 4.69) is 36.6 Å². The molecule has 46 heavy (non-hydrogen) atoms. The third-order valence-corrected chi connectivity index (χ3v) is 8.07. The number of anilines is 1. The first kappa shape index (κ1) is 32.1. The minimum absolute atomic E-state index is 0.0121. The molecule has 5 N–H and O–H groups in total. The zero-order valence-electron chi connectivity index (χ0n) is 24.6. The van der Waals surface area contributed by atoms with Crippen LogP contribution >= 0.6 is 0 Å². The number of hydrogen-bond acceptors (Lipinski definition) is 6.